The van der Waals surface area contributed by atoms with Gasteiger partial charge in [0.05, 0.1) is 8.41 Å². The van der Waals surface area contributed by atoms with Crippen LogP contribution in [0.1, 0.15) is 48.1 Å². The molecule has 0 spiro atoms. The van der Waals surface area contributed by atoms with E-state index in [1.807, 2.05) is 0 Å². The molecule has 1 aliphatic rings. The minimum atomic E-state index is -1.29. The van der Waals surface area contributed by atoms with Gasteiger partial charge in [0.1, 0.15) is 0 Å². The average Bonchev–Trinajstić information content (AvgIpc) is 3.28. The molecule has 0 fully saturated rings. The van der Waals surface area contributed by atoms with Gasteiger partial charge in [-0.15, -0.1) is 0 Å². The first-order valence-corrected chi connectivity index (χ1v) is 13.7. The Hall–Kier alpha value is -3.33. The molecule has 1 aliphatic heterocycles. The van der Waals surface area contributed by atoms with Crippen LogP contribution in [0.3, 0.4) is 0 Å². The highest BCUT2D eigenvalue weighted by molar-refractivity contribution is 6.89. The van der Waals surface area contributed by atoms with Crippen molar-refractivity contribution in [1.82, 2.24) is 0 Å². The lowest BCUT2D eigenvalue weighted by atomic mass is 9.87. The number of nitrogens with two attached hydrogens (primary N) is 1. The fourth-order valence-corrected chi connectivity index (χ4v) is 9.28. The summed E-state index contributed by atoms with van der Waals surface area (Å²) in [6, 6.07) is 43.8. The van der Waals surface area contributed by atoms with Gasteiger partial charge >= 0.3 is 0 Å². The van der Waals surface area contributed by atoms with Crippen molar-refractivity contribution in [3.8, 4) is 0 Å². The van der Waals surface area contributed by atoms with E-state index in [1.165, 1.54) is 38.6 Å². The van der Waals surface area contributed by atoms with E-state index in [9.17, 15) is 0 Å². The summed E-state index contributed by atoms with van der Waals surface area (Å²) >= 11 is 0. The van der Waals surface area contributed by atoms with Crippen molar-refractivity contribution in [3.05, 3.63) is 144 Å². The zero-order valence-corrected chi connectivity index (χ0v) is 20.9. The van der Waals surface area contributed by atoms with Gasteiger partial charge in [-0.1, -0.05) is 128 Å². The van der Waals surface area contributed by atoms with Crippen LogP contribution >= 0.6 is 0 Å². The molecule has 34 heavy (non-hydrogen) atoms. The van der Waals surface area contributed by atoms with Gasteiger partial charge in [-0.05, 0) is 51.9 Å². The van der Waals surface area contributed by atoms with Gasteiger partial charge in [0.15, 0.2) is 0 Å². The lowest BCUT2D eigenvalue weighted by Gasteiger charge is -2.32. The Morgan fingerprint density at radius 1 is 0.647 bits per heavy atom. The van der Waals surface area contributed by atoms with E-state index in [-0.39, 0.29) is 10.7 Å². The maximum Gasteiger partial charge on any atom is 0.0557 e. The number of hydrogen-bond donors (Lipinski definition) is 1. The Bertz CT molecular complexity index is 1320. The molecular weight excluding hydrogens is 426 g/mol. The van der Waals surface area contributed by atoms with Crippen molar-refractivity contribution >= 4 is 24.7 Å². The summed E-state index contributed by atoms with van der Waals surface area (Å²) in [7, 11) is -1.29. The predicted molar refractivity (Wildman–Crippen MR) is 148 cm³/mol. The van der Waals surface area contributed by atoms with Crippen LogP contribution in [0.5, 0.6) is 0 Å². The van der Waals surface area contributed by atoms with Gasteiger partial charge in [-0.3, -0.25) is 0 Å². The van der Waals surface area contributed by atoms with Crippen molar-refractivity contribution in [2.24, 2.45) is 5.73 Å². The van der Waals surface area contributed by atoms with Crippen LogP contribution < -0.4 is 5.73 Å². The maximum atomic E-state index is 7.26. The molecule has 1 nitrogen and oxygen atoms in total. The van der Waals surface area contributed by atoms with Gasteiger partial charge in [-0.25, -0.2) is 0 Å². The van der Waals surface area contributed by atoms with Crippen LogP contribution in [-0.2, 0) is 0 Å². The van der Waals surface area contributed by atoms with E-state index < -0.39 is 8.41 Å². The van der Waals surface area contributed by atoms with Crippen LogP contribution in [0.2, 0.25) is 0 Å². The van der Waals surface area contributed by atoms with Gasteiger partial charge in [0.2, 0.25) is 0 Å². The van der Waals surface area contributed by atoms with Crippen molar-refractivity contribution in [1.29, 1.82) is 0 Å². The summed E-state index contributed by atoms with van der Waals surface area (Å²) < 4.78 is 0. The summed E-state index contributed by atoms with van der Waals surface area (Å²) in [6.07, 6.45) is 0.936. The van der Waals surface area contributed by atoms with Crippen molar-refractivity contribution < 1.29 is 0 Å². The minimum Gasteiger partial charge on any atom is -0.325 e. The number of benzene rings is 4. The second kappa shape index (κ2) is 9.50. The molecule has 0 bridgehead atoms. The van der Waals surface area contributed by atoms with Crippen molar-refractivity contribution in [3.63, 3.8) is 0 Å². The average molecular weight is 458 g/mol. The third kappa shape index (κ3) is 4.04. The van der Waals surface area contributed by atoms with E-state index in [2.05, 4.69) is 135 Å². The molecule has 2 N–H and O–H groups in total. The number of allylic oxidation sites excluding steroid dienone is 2. The molecule has 2 unspecified atom stereocenters. The monoisotopic (exact) mass is 457 g/mol. The smallest absolute Gasteiger partial charge is 0.0557 e. The maximum absolute atomic E-state index is 7.26. The molecule has 0 aliphatic carbocycles. The Labute approximate surface area is 204 Å². The Morgan fingerprint density at radius 3 is 1.59 bits per heavy atom. The topological polar surface area (TPSA) is 26.0 Å². The van der Waals surface area contributed by atoms with Crippen LogP contribution in [0, 0.1) is 0 Å². The Balaban J connectivity index is 1.95. The molecule has 168 valence electrons. The fourth-order valence-electron chi connectivity index (χ4n) is 5.22. The van der Waals surface area contributed by atoms with E-state index >= 15 is 0 Å². The van der Waals surface area contributed by atoms with Gasteiger partial charge in [0, 0.05) is 10.7 Å². The zero-order chi connectivity index (χ0) is 23.5. The Morgan fingerprint density at radius 2 is 1.09 bits per heavy atom. The van der Waals surface area contributed by atoms with E-state index in [0.717, 1.165) is 6.42 Å². The largest absolute Gasteiger partial charge is 0.325 e. The lowest BCUT2D eigenvalue weighted by Crippen LogP contribution is -2.51. The SMILES string of the molecule is CCC(C)(N)[Si]1=C(c2ccccc2)C(c2ccccc2)=C(c2ccccc2)C1c1ccccc1. The van der Waals surface area contributed by atoms with Crippen LogP contribution in [0.25, 0.3) is 11.1 Å². The minimum absolute atomic E-state index is 0.258. The van der Waals surface area contributed by atoms with E-state index in [0.29, 0.717) is 0 Å². The second-order valence-corrected chi connectivity index (χ2v) is 12.3. The van der Waals surface area contributed by atoms with Gasteiger partial charge < -0.3 is 5.73 Å². The Kier molecular flexibility index (Phi) is 6.27. The molecule has 0 radical (unpaired) electrons. The molecule has 5 rings (SSSR count). The molecular formula is C32H31NSi. The number of hydrogen-bond acceptors (Lipinski definition) is 1. The summed E-state index contributed by atoms with van der Waals surface area (Å²) in [5.41, 5.74) is 15.5. The van der Waals surface area contributed by atoms with E-state index in [1.54, 1.807) is 0 Å². The lowest BCUT2D eigenvalue weighted by molar-refractivity contribution is 0.618. The van der Waals surface area contributed by atoms with Gasteiger partial charge in [0.25, 0.3) is 0 Å². The first kappa shape index (κ1) is 22.5. The van der Waals surface area contributed by atoms with Gasteiger partial charge in [-0.2, -0.15) is 0 Å². The van der Waals surface area contributed by atoms with Crippen LogP contribution in [0.4, 0.5) is 0 Å². The predicted octanol–water partition coefficient (Wildman–Crippen LogP) is 6.90. The third-order valence-corrected chi connectivity index (χ3v) is 10.9. The highest BCUT2D eigenvalue weighted by Crippen LogP contribution is 2.47. The molecule has 4 aromatic carbocycles. The van der Waals surface area contributed by atoms with Crippen molar-refractivity contribution in [2.75, 3.05) is 0 Å². The highest BCUT2D eigenvalue weighted by atomic mass is 28.2. The summed E-state index contributed by atoms with van der Waals surface area (Å²) in [6.45, 7) is 4.52. The second-order valence-electron chi connectivity index (χ2n) is 9.29. The summed E-state index contributed by atoms with van der Waals surface area (Å²) in [5.74, 6) is 0. The van der Waals surface area contributed by atoms with E-state index in [4.69, 9.17) is 5.73 Å². The molecule has 4 aromatic rings. The third-order valence-electron chi connectivity index (χ3n) is 7.06. The quantitative estimate of drug-likeness (QED) is 0.313. The molecule has 0 saturated heterocycles. The molecule has 2 atom stereocenters. The molecule has 2 heteroatoms. The van der Waals surface area contributed by atoms with Crippen LogP contribution in [-0.4, -0.2) is 18.7 Å². The standard InChI is InChI=1S/C32H31NSi/c1-3-32(2,33)34-30(26-20-12-6-13-21-26)28(24-16-8-4-9-17-24)29(25-18-10-5-11-19-25)31(34)27-22-14-7-15-23-27/h4-23,30H,3,33H2,1-2H3. The van der Waals surface area contributed by atoms with Crippen LogP contribution in [0.15, 0.2) is 121 Å². The number of rotatable bonds is 6. The summed E-state index contributed by atoms with van der Waals surface area (Å²) in [5, 5.41) is 1.17. The highest BCUT2D eigenvalue weighted by Gasteiger charge is 2.43. The normalized spacial score (nSPS) is 17.7. The molecule has 1 heterocycles. The van der Waals surface area contributed by atoms with Crippen molar-refractivity contribution in [2.45, 2.75) is 31.0 Å². The zero-order valence-electron chi connectivity index (χ0n) is 19.9. The first-order chi connectivity index (χ1) is 16.6. The molecule has 0 amide bonds. The molecule has 0 saturated carbocycles. The molecule has 0 aromatic heterocycles. The fraction of sp³-hybridized carbons (Fsp3) is 0.156. The summed E-state index contributed by atoms with van der Waals surface area (Å²) in [4.78, 5) is 0. The first-order valence-electron chi connectivity index (χ1n) is 12.1.